The maximum atomic E-state index is 11.0. The summed E-state index contributed by atoms with van der Waals surface area (Å²) < 4.78 is 1.54. The van der Waals surface area contributed by atoms with Crippen LogP contribution in [0, 0.1) is 10.1 Å². The molecule has 2 aromatic rings. The fraction of sp³-hybridized carbons (Fsp3) is 0.500. The minimum atomic E-state index is -0.486. The summed E-state index contributed by atoms with van der Waals surface area (Å²) in [5.41, 5.74) is 0.997. The van der Waals surface area contributed by atoms with E-state index in [4.69, 9.17) is 11.6 Å². The molecular weight excluding hydrogens is 282 g/mol. The summed E-state index contributed by atoms with van der Waals surface area (Å²) in [5.74, 6) is 0.836. The average molecular weight is 296 g/mol. The van der Waals surface area contributed by atoms with Crippen LogP contribution in [0.2, 0.25) is 5.15 Å². The van der Waals surface area contributed by atoms with Crippen molar-refractivity contribution >= 4 is 28.8 Å². The van der Waals surface area contributed by atoms with Gasteiger partial charge in [0.05, 0.1) is 4.92 Å². The molecule has 1 aliphatic rings. The van der Waals surface area contributed by atoms with Crippen LogP contribution in [0.3, 0.4) is 0 Å². The summed E-state index contributed by atoms with van der Waals surface area (Å²) in [6.45, 7) is 5.06. The Morgan fingerprint density at radius 3 is 3.00 bits per heavy atom. The van der Waals surface area contributed by atoms with E-state index in [1.54, 1.807) is 4.52 Å². The number of nitro groups is 1. The van der Waals surface area contributed by atoms with Gasteiger partial charge >= 0.3 is 5.69 Å². The molecule has 8 heteroatoms. The van der Waals surface area contributed by atoms with E-state index in [0.717, 1.165) is 30.8 Å². The van der Waals surface area contributed by atoms with Gasteiger partial charge in [0.15, 0.2) is 0 Å². The third kappa shape index (κ3) is 1.73. The monoisotopic (exact) mass is 295 g/mol. The van der Waals surface area contributed by atoms with Crippen LogP contribution in [-0.2, 0) is 6.42 Å². The van der Waals surface area contributed by atoms with Crippen LogP contribution in [0.15, 0.2) is 6.20 Å². The Labute approximate surface area is 120 Å². The SMILES string of the molecule is CCC(C)N1CCc2c(Cl)nc3c([N+](=O)[O-])cnn3c21. The first-order chi connectivity index (χ1) is 9.54. The highest BCUT2D eigenvalue weighted by Gasteiger charge is 2.31. The van der Waals surface area contributed by atoms with Gasteiger partial charge in [0.1, 0.15) is 17.2 Å². The minimum Gasteiger partial charge on any atom is -0.353 e. The fourth-order valence-electron chi connectivity index (χ4n) is 2.60. The molecule has 1 atom stereocenters. The van der Waals surface area contributed by atoms with Gasteiger partial charge in [-0.2, -0.15) is 9.61 Å². The molecule has 3 heterocycles. The Morgan fingerprint density at radius 1 is 1.60 bits per heavy atom. The molecule has 1 aliphatic heterocycles. The van der Waals surface area contributed by atoms with Gasteiger partial charge in [-0.1, -0.05) is 18.5 Å². The zero-order chi connectivity index (χ0) is 14.4. The van der Waals surface area contributed by atoms with E-state index in [2.05, 4.69) is 28.8 Å². The summed E-state index contributed by atoms with van der Waals surface area (Å²) in [7, 11) is 0. The first kappa shape index (κ1) is 13.1. The topological polar surface area (TPSA) is 76.6 Å². The quantitative estimate of drug-likeness (QED) is 0.494. The molecule has 0 saturated carbocycles. The molecule has 0 N–H and O–H groups in total. The minimum absolute atomic E-state index is 0.120. The molecule has 7 nitrogen and oxygen atoms in total. The van der Waals surface area contributed by atoms with Crippen LogP contribution in [0.1, 0.15) is 25.8 Å². The van der Waals surface area contributed by atoms with Crippen molar-refractivity contribution in [3.63, 3.8) is 0 Å². The van der Waals surface area contributed by atoms with Gasteiger partial charge in [0.25, 0.3) is 0 Å². The van der Waals surface area contributed by atoms with E-state index in [0.29, 0.717) is 11.2 Å². The van der Waals surface area contributed by atoms with Crippen molar-refractivity contribution in [2.75, 3.05) is 11.4 Å². The molecule has 2 aromatic heterocycles. The molecule has 0 aliphatic carbocycles. The Hall–Kier alpha value is -1.89. The third-order valence-corrected chi connectivity index (χ3v) is 4.16. The number of anilines is 1. The first-order valence-corrected chi connectivity index (χ1v) is 6.89. The molecule has 0 spiro atoms. The van der Waals surface area contributed by atoms with E-state index >= 15 is 0 Å². The van der Waals surface area contributed by atoms with Gasteiger partial charge < -0.3 is 4.90 Å². The zero-order valence-corrected chi connectivity index (χ0v) is 12.0. The van der Waals surface area contributed by atoms with Crippen molar-refractivity contribution in [2.24, 2.45) is 0 Å². The molecule has 1 unspecified atom stereocenters. The van der Waals surface area contributed by atoms with Crippen molar-refractivity contribution in [3.05, 3.63) is 27.0 Å². The maximum Gasteiger partial charge on any atom is 0.333 e. The molecular formula is C12H14ClN5O2. The van der Waals surface area contributed by atoms with Crippen LogP contribution in [-0.4, -0.2) is 32.1 Å². The lowest BCUT2D eigenvalue weighted by Crippen LogP contribution is -2.32. The van der Waals surface area contributed by atoms with Crippen molar-refractivity contribution in [2.45, 2.75) is 32.7 Å². The largest absolute Gasteiger partial charge is 0.353 e. The van der Waals surface area contributed by atoms with Gasteiger partial charge in [-0.25, -0.2) is 4.98 Å². The summed E-state index contributed by atoms with van der Waals surface area (Å²) >= 11 is 6.19. The Balaban J connectivity index is 2.27. The molecule has 0 bridgehead atoms. The van der Waals surface area contributed by atoms with Gasteiger partial charge in [0.2, 0.25) is 5.65 Å². The van der Waals surface area contributed by atoms with Crippen molar-refractivity contribution < 1.29 is 4.92 Å². The van der Waals surface area contributed by atoms with Crippen LogP contribution in [0.5, 0.6) is 0 Å². The number of aromatic nitrogens is 3. The maximum absolute atomic E-state index is 11.0. The van der Waals surface area contributed by atoms with Crippen molar-refractivity contribution in [1.29, 1.82) is 0 Å². The predicted molar refractivity (Wildman–Crippen MR) is 75.5 cm³/mol. The number of halogens is 1. The number of nitrogens with zero attached hydrogens (tertiary/aromatic N) is 5. The smallest absolute Gasteiger partial charge is 0.333 e. The number of hydrogen-bond donors (Lipinski definition) is 0. The fourth-order valence-corrected chi connectivity index (χ4v) is 2.86. The van der Waals surface area contributed by atoms with Gasteiger partial charge in [-0.15, -0.1) is 0 Å². The summed E-state index contributed by atoms with van der Waals surface area (Å²) in [4.78, 5) is 16.9. The predicted octanol–water partition coefficient (Wildman–Crippen LogP) is 2.45. The van der Waals surface area contributed by atoms with Crippen LogP contribution in [0.25, 0.3) is 5.65 Å². The molecule has 3 rings (SSSR count). The molecule has 0 amide bonds. The standard InChI is InChI=1S/C12H14ClN5O2/c1-3-7(2)16-5-4-8-10(13)15-11-9(18(19)20)6-14-17(11)12(8)16/h6-7H,3-5H2,1-2H3. The highest BCUT2D eigenvalue weighted by Crippen LogP contribution is 2.36. The van der Waals surface area contributed by atoms with Crippen molar-refractivity contribution in [3.8, 4) is 0 Å². The first-order valence-electron chi connectivity index (χ1n) is 6.51. The molecule has 0 saturated heterocycles. The lowest BCUT2D eigenvalue weighted by Gasteiger charge is -2.26. The third-order valence-electron chi connectivity index (χ3n) is 3.84. The summed E-state index contributed by atoms with van der Waals surface area (Å²) in [5, 5.41) is 15.5. The van der Waals surface area contributed by atoms with Gasteiger partial charge in [-0.05, 0) is 19.8 Å². The number of rotatable bonds is 3. The van der Waals surface area contributed by atoms with Crippen LogP contribution >= 0.6 is 11.6 Å². The number of hydrogen-bond acceptors (Lipinski definition) is 5. The number of fused-ring (bicyclic) bond motifs is 3. The van der Waals surface area contributed by atoms with Gasteiger partial charge in [-0.3, -0.25) is 10.1 Å². The van der Waals surface area contributed by atoms with Crippen LogP contribution in [0.4, 0.5) is 11.5 Å². The van der Waals surface area contributed by atoms with Gasteiger partial charge in [0, 0.05) is 18.2 Å². The molecule has 0 radical (unpaired) electrons. The molecule has 0 fully saturated rings. The highest BCUT2D eigenvalue weighted by atomic mass is 35.5. The Bertz CT molecular complexity index is 699. The Kier molecular flexibility index (Phi) is 3.01. The lowest BCUT2D eigenvalue weighted by atomic mass is 10.2. The molecule has 20 heavy (non-hydrogen) atoms. The second-order valence-electron chi connectivity index (χ2n) is 4.93. The Morgan fingerprint density at radius 2 is 2.35 bits per heavy atom. The van der Waals surface area contributed by atoms with E-state index < -0.39 is 4.92 Å². The normalized spacial score (nSPS) is 15.7. The van der Waals surface area contributed by atoms with E-state index in [9.17, 15) is 10.1 Å². The van der Waals surface area contributed by atoms with E-state index in [-0.39, 0.29) is 11.3 Å². The average Bonchev–Trinajstić information content (AvgIpc) is 3.00. The van der Waals surface area contributed by atoms with Crippen molar-refractivity contribution in [1.82, 2.24) is 14.6 Å². The zero-order valence-electron chi connectivity index (χ0n) is 11.2. The summed E-state index contributed by atoms with van der Waals surface area (Å²) in [6.07, 6.45) is 2.99. The highest BCUT2D eigenvalue weighted by molar-refractivity contribution is 6.30. The lowest BCUT2D eigenvalue weighted by molar-refractivity contribution is -0.383. The van der Waals surface area contributed by atoms with Crippen LogP contribution < -0.4 is 4.90 Å². The summed E-state index contributed by atoms with van der Waals surface area (Å²) in [6, 6.07) is 0.321. The van der Waals surface area contributed by atoms with E-state index in [1.165, 1.54) is 6.20 Å². The second-order valence-corrected chi connectivity index (χ2v) is 5.29. The van der Waals surface area contributed by atoms with E-state index in [1.807, 2.05) is 0 Å². The molecule has 0 aromatic carbocycles. The second kappa shape index (κ2) is 4.59. The molecule has 106 valence electrons.